The number of aromatic nitrogens is 1. The lowest BCUT2D eigenvalue weighted by atomic mass is 10.00. The molecule has 2 heterocycles. The molecule has 0 atom stereocenters. The van der Waals surface area contributed by atoms with Crippen LogP contribution < -0.4 is 10.6 Å². The minimum atomic E-state index is -0.236. The number of amides is 2. The Labute approximate surface area is 174 Å². The van der Waals surface area contributed by atoms with Crippen molar-refractivity contribution in [3.63, 3.8) is 0 Å². The van der Waals surface area contributed by atoms with Gasteiger partial charge in [0.1, 0.15) is 0 Å². The fourth-order valence-corrected chi connectivity index (χ4v) is 4.67. The SMILES string of the molecule is O=C(Nc1cccc(NC(=O)c2cc3c(s2)CCCCCC3)c1)c1cccnc1. The largest absolute Gasteiger partial charge is 0.322 e. The van der Waals surface area contributed by atoms with Gasteiger partial charge in [0.25, 0.3) is 11.8 Å². The van der Waals surface area contributed by atoms with Gasteiger partial charge >= 0.3 is 0 Å². The van der Waals surface area contributed by atoms with Gasteiger partial charge in [0, 0.05) is 28.6 Å². The number of thiophene rings is 1. The summed E-state index contributed by atoms with van der Waals surface area (Å²) in [5.41, 5.74) is 3.09. The van der Waals surface area contributed by atoms with E-state index in [-0.39, 0.29) is 11.8 Å². The quantitative estimate of drug-likeness (QED) is 0.618. The molecule has 2 aromatic heterocycles. The fourth-order valence-electron chi connectivity index (χ4n) is 3.52. The summed E-state index contributed by atoms with van der Waals surface area (Å²) in [6, 6.07) is 12.7. The molecule has 0 unspecified atom stereocenters. The Morgan fingerprint density at radius 1 is 0.862 bits per heavy atom. The van der Waals surface area contributed by atoms with Crippen molar-refractivity contribution in [2.24, 2.45) is 0 Å². The van der Waals surface area contributed by atoms with Gasteiger partial charge < -0.3 is 10.6 Å². The smallest absolute Gasteiger partial charge is 0.265 e. The second-order valence-electron chi connectivity index (χ2n) is 7.20. The van der Waals surface area contributed by atoms with Crippen molar-refractivity contribution in [2.45, 2.75) is 38.5 Å². The third-order valence-corrected chi connectivity index (χ3v) is 6.26. The van der Waals surface area contributed by atoms with Gasteiger partial charge in [-0.15, -0.1) is 11.3 Å². The number of nitrogens with zero attached hydrogens (tertiary/aromatic N) is 1. The van der Waals surface area contributed by atoms with Gasteiger partial charge in [-0.3, -0.25) is 14.6 Å². The Balaban J connectivity index is 1.44. The Kier molecular flexibility index (Phi) is 6.00. The molecule has 0 spiro atoms. The van der Waals surface area contributed by atoms with Crippen LogP contribution >= 0.6 is 11.3 Å². The maximum Gasteiger partial charge on any atom is 0.265 e. The van der Waals surface area contributed by atoms with Crippen LogP contribution in [-0.4, -0.2) is 16.8 Å². The summed E-state index contributed by atoms with van der Waals surface area (Å²) in [7, 11) is 0. The zero-order valence-corrected chi connectivity index (χ0v) is 16.9. The second-order valence-corrected chi connectivity index (χ2v) is 8.34. The molecule has 3 aromatic rings. The summed E-state index contributed by atoms with van der Waals surface area (Å²) in [5.74, 6) is -0.336. The summed E-state index contributed by atoms with van der Waals surface area (Å²) in [6.45, 7) is 0. The van der Waals surface area contributed by atoms with E-state index in [1.54, 1.807) is 41.8 Å². The van der Waals surface area contributed by atoms with Crippen LogP contribution in [0.5, 0.6) is 0 Å². The number of carbonyl (C=O) groups excluding carboxylic acids is 2. The van der Waals surface area contributed by atoms with Crippen LogP contribution in [0.25, 0.3) is 0 Å². The fraction of sp³-hybridized carbons (Fsp3) is 0.261. The molecule has 1 aromatic carbocycles. The van der Waals surface area contributed by atoms with Gasteiger partial charge in [0.15, 0.2) is 0 Å². The van der Waals surface area contributed by atoms with Gasteiger partial charge in [-0.2, -0.15) is 0 Å². The van der Waals surface area contributed by atoms with Crippen LogP contribution in [0.4, 0.5) is 11.4 Å². The number of rotatable bonds is 4. The molecule has 0 radical (unpaired) electrons. The van der Waals surface area contributed by atoms with Crippen LogP contribution in [0.3, 0.4) is 0 Å². The molecule has 4 rings (SSSR count). The molecule has 29 heavy (non-hydrogen) atoms. The molecular formula is C23H23N3O2S. The Bertz CT molecular complexity index is 988. The Hall–Kier alpha value is -2.99. The summed E-state index contributed by atoms with van der Waals surface area (Å²) < 4.78 is 0. The highest BCUT2D eigenvalue weighted by molar-refractivity contribution is 7.14. The van der Waals surface area contributed by atoms with Gasteiger partial charge in [0.05, 0.1) is 10.4 Å². The van der Waals surface area contributed by atoms with Crippen LogP contribution in [0.15, 0.2) is 54.9 Å². The molecule has 0 saturated carbocycles. The average molecular weight is 406 g/mol. The Morgan fingerprint density at radius 3 is 2.38 bits per heavy atom. The van der Waals surface area contributed by atoms with E-state index < -0.39 is 0 Å². The second kappa shape index (κ2) is 9.01. The third kappa shape index (κ3) is 4.90. The monoisotopic (exact) mass is 405 g/mol. The number of hydrogen-bond acceptors (Lipinski definition) is 4. The van der Waals surface area contributed by atoms with Crippen molar-refractivity contribution in [2.75, 3.05) is 10.6 Å². The first-order valence-electron chi connectivity index (χ1n) is 9.93. The number of benzene rings is 1. The predicted octanol–water partition coefficient (Wildman–Crippen LogP) is 5.31. The minimum absolute atomic E-state index is 0.0996. The first kappa shape index (κ1) is 19.3. The molecule has 0 saturated heterocycles. The zero-order valence-electron chi connectivity index (χ0n) is 16.1. The van der Waals surface area contributed by atoms with Crippen LogP contribution in [0, 0.1) is 0 Å². The molecule has 5 nitrogen and oxygen atoms in total. The van der Waals surface area contributed by atoms with Crippen molar-refractivity contribution in [3.05, 3.63) is 75.7 Å². The van der Waals surface area contributed by atoms with Crippen molar-refractivity contribution in [1.82, 2.24) is 4.98 Å². The van der Waals surface area contributed by atoms with E-state index in [2.05, 4.69) is 21.7 Å². The lowest BCUT2D eigenvalue weighted by Gasteiger charge is -2.08. The van der Waals surface area contributed by atoms with Gasteiger partial charge in [0.2, 0.25) is 0 Å². The van der Waals surface area contributed by atoms with E-state index in [1.165, 1.54) is 42.3 Å². The number of anilines is 2. The maximum absolute atomic E-state index is 12.8. The predicted molar refractivity (Wildman–Crippen MR) is 117 cm³/mol. The van der Waals surface area contributed by atoms with Gasteiger partial charge in [-0.25, -0.2) is 0 Å². The maximum atomic E-state index is 12.8. The van der Waals surface area contributed by atoms with Crippen LogP contribution in [0.2, 0.25) is 0 Å². The van der Waals surface area contributed by atoms with Crippen molar-refractivity contribution < 1.29 is 9.59 Å². The van der Waals surface area contributed by atoms with Crippen molar-refractivity contribution in [3.8, 4) is 0 Å². The topological polar surface area (TPSA) is 71.1 Å². The summed E-state index contributed by atoms with van der Waals surface area (Å²) in [6.07, 6.45) is 10.2. The lowest BCUT2D eigenvalue weighted by Crippen LogP contribution is -2.13. The molecular weight excluding hydrogens is 382 g/mol. The van der Waals surface area contributed by atoms with Gasteiger partial charge in [-0.05, 0) is 67.6 Å². The first-order valence-corrected chi connectivity index (χ1v) is 10.7. The highest BCUT2D eigenvalue weighted by atomic mass is 32.1. The molecule has 6 heteroatoms. The van der Waals surface area contributed by atoms with Crippen LogP contribution in [-0.2, 0) is 12.8 Å². The lowest BCUT2D eigenvalue weighted by molar-refractivity contribution is 0.102. The molecule has 1 aliphatic carbocycles. The number of hydrogen-bond donors (Lipinski definition) is 2. The molecule has 0 fully saturated rings. The summed E-state index contributed by atoms with van der Waals surface area (Å²) in [4.78, 5) is 31.1. The summed E-state index contributed by atoms with van der Waals surface area (Å²) >= 11 is 1.61. The number of carbonyl (C=O) groups is 2. The van der Waals surface area contributed by atoms with E-state index in [4.69, 9.17) is 0 Å². The standard InChI is InChI=1S/C23H23N3O2S/c27-22(17-8-6-12-24-15-17)25-18-9-5-10-19(14-18)26-23(28)21-13-16-7-3-1-2-4-11-20(16)29-21/h5-6,8-10,12-15H,1-4,7,11H2,(H,25,27)(H,26,28). The summed E-state index contributed by atoms with van der Waals surface area (Å²) in [5, 5.41) is 5.80. The average Bonchev–Trinajstić information content (AvgIpc) is 3.11. The number of aryl methyl sites for hydroxylation is 2. The highest BCUT2D eigenvalue weighted by Crippen LogP contribution is 2.29. The zero-order chi connectivity index (χ0) is 20.1. The van der Waals surface area contributed by atoms with Crippen LogP contribution in [0.1, 0.15) is 56.2 Å². The molecule has 2 N–H and O–H groups in total. The normalized spacial score (nSPS) is 13.7. The van der Waals surface area contributed by atoms with E-state index in [9.17, 15) is 9.59 Å². The number of fused-ring (bicyclic) bond motifs is 1. The molecule has 0 bridgehead atoms. The third-order valence-electron chi connectivity index (χ3n) is 5.02. The van der Waals surface area contributed by atoms with Crippen molar-refractivity contribution in [1.29, 1.82) is 0 Å². The minimum Gasteiger partial charge on any atom is -0.322 e. The number of pyridine rings is 1. The van der Waals surface area contributed by atoms with E-state index in [0.717, 1.165) is 17.7 Å². The first-order chi connectivity index (χ1) is 14.2. The van der Waals surface area contributed by atoms with Crippen molar-refractivity contribution >= 4 is 34.5 Å². The van der Waals surface area contributed by atoms with E-state index in [1.807, 2.05) is 12.1 Å². The molecule has 148 valence electrons. The highest BCUT2D eigenvalue weighted by Gasteiger charge is 2.16. The molecule has 0 aliphatic heterocycles. The van der Waals surface area contributed by atoms with E-state index >= 15 is 0 Å². The molecule has 2 amide bonds. The van der Waals surface area contributed by atoms with Gasteiger partial charge in [-0.1, -0.05) is 18.9 Å². The number of nitrogens with one attached hydrogen (secondary N) is 2. The Morgan fingerprint density at radius 2 is 1.62 bits per heavy atom. The molecule has 1 aliphatic rings. The van der Waals surface area contributed by atoms with E-state index in [0.29, 0.717) is 16.9 Å².